The molecule has 3 aromatic rings. The summed E-state index contributed by atoms with van der Waals surface area (Å²) in [6.45, 7) is 2.29. The third-order valence-corrected chi connectivity index (χ3v) is 4.97. The quantitative estimate of drug-likeness (QED) is 0.743. The number of nitrogens with zero attached hydrogens (tertiary/aromatic N) is 3. The Hall–Kier alpha value is -2.67. The van der Waals surface area contributed by atoms with Crippen molar-refractivity contribution in [2.24, 2.45) is 0 Å². The number of nitrogens with one attached hydrogen (secondary N) is 2. The predicted octanol–water partition coefficient (Wildman–Crippen LogP) is 2.52. The standard InChI is InChI=1S/C18H21N5O2/c1-24-14-4-2-13(3-5-14)18(6-8-25-9-7-18)10-19-16-15-17(21-11-20-15)23-12-22-16/h2-5,11-12H,6-10H2,1H3,(H2,19,20,21,22,23). The summed E-state index contributed by atoms with van der Waals surface area (Å²) in [6.07, 6.45) is 5.10. The summed E-state index contributed by atoms with van der Waals surface area (Å²) >= 11 is 0. The summed E-state index contributed by atoms with van der Waals surface area (Å²) in [5, 5.41) is 3.50. The van der Waals surface area contributed by atoms with Gasteiger partial charge in [0.25, 0.3) is 0 Å². The van der Waals surface area contributed by atoms with E-state index < -0.39 is 0 Å². The molecule has 0 radical (unpaired) electrons. The van der Waals surface area contributed by atoms with E-state index in [4.69, 9.17) is 9.47 Å². The summed E-state index contributed by atoms with van der Waals surface area (Å²) in [5.74, 6) is 1.65. The third-order valence-electron chi connectivity index (χ3n) is 4.97. The number of benzene rings is 1. The van der Waals surface area contributed by atoms with Crippen molar-refractivity contribution in [3.63, 3.8) is 0 Å². The highest BCUT2D eigenvalue weighted by molar-refractivity contribution is 5.81. The second-order valence-electron chi connectivity index (χ2n) is 6.30. The Morgan fingerprint density at radius 3 is 2.72 bits per heavy atom. The summed E-state index contributed by atoms with van der Waals surface area (Å²) < 4.78 is 10.9. The largest absolute Gasteiger partial charge is 0.497 e. The van der Waals surface area contributed by atoms with Gasteiger partial charge in [-0.25, -0.2) is 15.0 Å². The molecule has 0 saturated carbocycles. The molecule has 0 bridgehead atoms. The Kier molecular flexibility index (Phi) is 4.23. The second kappa shape index (κ2) is 6.68. The zero-order valence-corrected chi connectivity index (χ0v) is 14.2. The minimum Gasteiger partial charge on any atom is -0.497 e. The SMILES string of the molecule is COc1ccc(C2(CNc3ncnc4nc[nH]c34)CCOCC2)cc1. The first kappa shape index (κ1) is 15.8. The van der Waals surface area contributed by atoms with Gasteiger partial charge in [0.15, 0.2) is 11.5 Å². The Balaban J connectivity index is 1.61. The average Bonchev–Trinajstić information content (AvgIpc) is 3.16. The van der Waals surface area contributed by atoms with E-state index in [0.717, 1.165) is 49.7 Å². The fraction of sp³-hybridized carbons (Fsp3) is 0.389. The van der Waals surface area contributed by atoms with Crippen molar-refractivity contribution in [2.45, 2.75) is 18.3 Å². The summed E-state index contributed by atoms with van der Waals surface area (Å²) in [7, 11) is 1.69. The Morgan fingerprint density at radius 2 is 1.96 bits per heavy atom. The fourth-order valence-electron chi connectivity index (χ4n) is 3.43. The number of fused-ring (bicyclic) bond motifs is 1. The highest BCUT2D eigenvalue weighted by Crippen LogP contribution is 2.36. The van der Waals surface area contributed by atoms with Gasteiger partial charge in [-0.15, -0.1) is 0 Å². The first-order valence-electron chi connectivity index (χ1n) is 8.41. The van der Waals surface area contributed by atoms with Gasteiger partial charge in [-0.1, -0.05) is 12.1 Å². The number of hydrogen-bond acceptors (Lipinski definition) is 6. The molecule has 3 heterocycles. The van der Waals surface area contributed by atoms with Gasteiger partial charge in [0.2, 0.25) is 0 Å². The molecule has 0 spiro atoms. The maximum atomic E-state index is 5.61. The first-order valence-corrected chi connectivity index (χ1v) is 8.41. The van der Waals surface area contributed by atoms with Crippen LogP contribution in [0.15, 0.2) is 36.9 Å². The number of imidazole rings is 1. The van der Waals surface area contributed by atoms with E-state index in [2.05, 4.69) is 37.4 Å². The van der Waals surface area contributed by atoms with Crippen molar-refractivity contribution in [3.8, 4) is 5.75 Å². The number of rotatable bonds is 5. The van der Waals surface area contributed by atoms with Crippen LogP contribution in [0.25, 0.3) is 11.2 Å². The van der Waals surface area contributed by atoms with Gasteiger partial charge in [0.1, 0.15) is 17.6 Å². The predicted molar refractivity (Wildman–Crippen MR) is 94.9 cm³/mol. The van der Waals surface area contributed by atoms with Crippen molar-refractivity contribution in [2.75, 3.05) is 32.2 Å². The maximum absolute atomic E-state index is 5.61. The van der Waals surface area contributed by atoms with Gasteiger partial charge in [0, 0.05) is 25.2 Å². The number of hydrogen-bond donors (Lipinski definition) is 2. The van der Waals surface area contributed by atoms with Crippen molar-refractivity contribution in [1.82, 2.24) is 19.9 Å². The number of H-pyrrole nitrogens is 1. The van der Waals surface area contributed by atoms with Gasteiger partial charge in [0.05, 0.1) is 13.4 Å². The Labute approximate surface area is 145 Å². The van der Waals surface area contributed by atoms with Crippen LogP contribution >= 0.6 is 0 Å². The zero-order chi connectivity index (χ0) is 17.1. The molecule has 7 heteroatoms. The molecule has 25 heavy (non-hydrogen) atoms. The molecule has 0 amide bonds. The van der Waals surface area contributed by atoms with Crippen LogP contribution in [0, 0.1) is 0 Å². The maximum Gasteiger partial charge on any atom is 0.182 e. The minimum atomic E-state index is 0.00180. The van der Waals surface area contributed by atoms with E-state index in [9.17, 15) is 0 Å². The van der Waals surface area contributed by atoms with E-state index in [1.807, 2.05) is 12.1 Å². The van der Waals surface area contributed by atoms with Crippen LogP contribution in [0.5, 0.6) is 5.75 Å². The van der Waals surface area contributed by atoms with E-state index in [-0.39, 0.29) is 5.41 Å². The van der Waals surface area contributed by atoms with Crippen molar-refractivity contribution < 1.29 is 9.47 Å². The number of aromatic amines is 1. The molecule has 0 unspecified atom stereocenters. The Bertz CT molecular complexity index is 840. The lowest BCUT2D eigenvalue weighted by Crippen LogP contribution is -2.40. The normalized spacial score (nSPS) is 16.7. The van der Waals surface area contributed by atoms with Gasteiger partial charge in [-0.3, -0.25) is 0 Å². The molecule has 7 nitrogen and oxygen atoms in total. The molecule has 1 aromatic carbocycles. The van der Waals surface area contributed by atoms with Gasteiger partial charge < -0.3 is 19.8 Å². The number of anilines is 1. The van der Waals surface area contributed by atoms with Gasteiger partial charge >= 0.3 is 0 Å². The lowest BCUT2D eigenvalue weighted by molar-refractivity contribution is 0.0543. The number of aromatic nitrogens is 4. The van der Waals surface area contributed by atoms with Gasteiger partial charge in [-0.05, 0) is 30.5 Å². The first-order chi connectivity index (χ1) is 12.3. The van der Waals surface area contributed by atoms with Crippen LogP contribution in [-0.2, 0) is 10.2 Å². The zero-order valence-electron chi connectivity index (χ0n) is 14.2. The third kappa shape index (κ3) is 3.02. The molecule has 2 N–H and O–H groups in total. The molecule has 1 saturated heterocycles. The molecule has 0 aliphatic carbocycles. The van der Waals surface area contributed by atoms with Crippen molar-refractivity contribution >= 4 is 17.0 Å². The van der Waals surface area contributed by atoms with Crippen LogP contribution in [0.4, 0.5) is 5.82 Å². The van der Waals surface area contributed by atoms with Crippen LogP contribution in [0.1, 0.15) is 18.4 Å². The lowest BCUT2D eigenvalue weighted by Gasteiger charge is -2.38. The topological polar surface area (TPSA) is 85.0 Å². The molecule has 2 aromatic heterocycles. The smallest absolute Gasteiger partial charge is 0.182 e. The van der Waals surface area contributed by atoms with E-state index in [1.165, 1.54) is 11.9 Å². The molecule has 1 aliphatic rings. The fourth-order valence-corrected chi connectivity index (χ4v) is 3.43. The van der Waals surface area contributed by atoms with E-state index in [1.54, 1.807) is 13.4 Å². The van der Waals surface area contributed by atoms with Crippen LogP contribution in [-0.4, -0.2) is 46.8 Å². The molecule has 1 fully saturated rings. The highest BCUT2D eigenvalue weighted by atomic mass is 16.5. The molecule has 130 valence electrons. The molecule has 1 aliphatic heterocycles. The monoisotopic (exact) mass is 339 g/mol. The summed E-state index contributed by atoms with van der Waals surface area (Å²) in [5.41, 5.74) is 2.79. The molecular weight excluding hydrogens is 318 g/mol. The molecule has 4 rings (SSSR count). The summed E-state index contributed by atoms with van der Waals surface area (Å²) in [6, 6.07) is 8.34. The second-order valence-corrected chi connectivity index (χ2v) is 6.30. The average molecular weight is 339 g/mol. The Morgan fingerprint density at radius 1 is 1.16 bits per heavy atom. The molecule has 0 atom stereocenters. The minimum absolute atomic E-state index is 0.00180. The lowest BCUT2D eigenvalue weighted by atomic mass is 9.74. The van der Waals surface area contributed by atoms with Gasteiger partial charge in [-0.2, -0.15) is 0 Å². The highest BCUT2D eigenvalue weighted by Gasteiger charge is 2.34. The summed E-state index contributed by atoms with van der Waals surface area (Å²) in [4.78, 5) is 15.8. The number of ether oxygens (including phenoxy) is 2. The van der Waals surface area contributed by atoms with Crippen LogP contribution < -0.4 is 10.1 Å². The van der Waals surface area contributed by atoms with E-state index >= 15 is 0 Å². The number of methoxy groups -OCH3 is 1. The van der Waals surface area contributed by atoms with E-state index in [0.29, 0.717) is 5.65 Å². The van der Waals surface area contributed by atoms with Crippen LogP contribution in [0.3, 0.4) is 0 Å². The van der Waals surface area contributed by atoms with Crippen molar-refractivity contribution in [3.05, 3.63) is 42.5 Å². The van der Waals surface area contributed by atoms with Crippen molar-refractivity contribution in [1.29, 1.82) is 0 Å². The van der Waals surface area contributed by atoms with Crippen LogP contribution in [0.2, 0.25) is 0 Å². The molecular formula is C18H21N5O2.